The smallest absolute Gasteiger partial charge is 0.213 e. The van der Waals surface area contributed by atoms with Gasteiger partial charge >= 0.3 is 0 Å². The van der Waals surface area contributed by atoms with Crippen molar-refractivity contribution in [3.05, 3.63) is 46.7 Å². The molecule has 3 aromatic heterocycles. The van der Waals surface area contributed by atoms with Crippen molar-refractivity contribution in [1.82, 2.24) is 25.2 Å². The Kier molecular flexibility index (Phi) is 9.04. The van der Waals surface area contributed by atoms with E-state index in [1.165, 1.54) is 7.11 Å². The standard InChI is InChI=1S/C25H30ClFN6O4/c1-3-37-22-10-16(26)20(31-25(22)30-14-34)11-29-18-7-9-33(12-17(18)27)13-21(35)15-6-8-28-19-4-5-23(36-2)32-24(15)19/h4-6,8,10,14,17-18,21,29,35H,3,7,9,11-13H2,1-2H3,(H,30,31,34). The summed E-state index contributed by atoms with van der Waals surface area (Å²) in [4.78, 5) is 25.9. The summed E-state index contributed by atoms with van der Waals surface area (Å²) in [6.45, 7) is 3.45. The van der Waals surface area contributed by atoms with Crippen molar-refractivity contribution >= 4 is 34.9 Å². The van der Waals surface area contributed by atoms with Crippen molar-refractivity contribution in [3.8, 4) is 11.6 Å². The molecule has 0 aliphatic carbocycles. The first-order valence-corrected chi connectivity index (χ1v) is 12.4. The van der Waals surface area contributed by atoms with Crippen LogP contribution in [0.4, 0.5) is 10.2 Å². The molecule has 0 bridgehead atoms. The van der Waals surface area contributed by atoms with Crippen LogP contribution < -0.4 is 20.1 Å². The van der Waals surface area contributed by atoms with Gasteiger partial charge in [0.05, 0.1) is 41.6 Å². The van der Waals surface area contributed by atoms with Crippen LogP contribution in [0.5, 0.6) is 11.6 Å². The molecule has 0 radical (unpaired) electrons. The van der Waals surface area contributed by atoms with Crippen LogP contribution in [0.3, 0.4) is 0 Å². The number of methoxy groups -OCH3 is 1. The molecule has 12 heteroatoms. The lowest BCUT2D eigenvalue weighted by atomic mass is 10.0. The number of carbonyl (C=O) groups is 1. The number of aliphatic hydroxyl groups excluding tert-OH is 1. The molecule has 1 saturated heterocycles. The Hall–Kier alpha value is -3.12. The average molecular weight is 533 g/mol. The molecule has 1 aliphatic rings. The third-order valence-electron chi connectivity index (χ3n) is 6.26. The molecule has 3 aromatic rings. The molecule has 3 atom stereocenters. The molecule has 37 heavy (non-hydrogen) atoms. The topological polar surface area (TPSA) is 122 Å². The maximum Gasteiger partial charge on any atom is 0.213 e. The van der Waals surface area contributed by atoms with Crippen LogP contribution in [0.2, 0.25) is 5.02 Å². The van der Waals surface area contributed by atoms with E-state index in [-0.39, 0.29) is 25.5 Å². The van der Waals surface area contributed by atoms with Gasteiger partial charge in [-0.05, 0) is 32.0 Å². The number of fused-ring (bicyclic) bond motifs is 1. The van der Waals surface area contributed by atoms with E-state index in [2.05, 4.69) is 25.6 Å². The Morgan fingerprint density at radius 3 is 2.92 bits per heavy atom. The zero-order valence-electron chi connectivity index (χ0n) is 20.7. The van der Waals surface area contributed by atoms with Crippen molar-refractivity contribution in [2.75, 3.05) is 38.7 Å². The van der Waals surface area contributed by atoms with E-state index in [1.54, 1.807) is 30.5 Å². The highest BCUT2D eigenvalue weighted by Gasteiger charge is 2.30. The second-order valence-corrected chi connectivity index (χ2v) is 9.05. The number of nitrogens with one attached hydrogen (secondary N) is 2. The second-order valence-electron chi connectivity index (χ2n) is 8.65. The van der Waals surface area contributed by atoms with E-state index in [9.17, 15) is 9.90 Å². The van der Waals surface area contributed by atoms with Gasteiger partial charge in [0.25, 0.3) is 0 Å². The third-order valence-corrected chi connectivity index (χ3v) is 6.58. The number of amides is 1. The Morgan fingerprint density at radius 2 is 2.19 bits per heavy atom. The maximum atomic E-state index is 15.1. The molecule has 1 amide bonds. The van der Waals surface area contributed by atoms with Crippen LogP contribution in [0, 0.1) is 0 Å². The number of anilines is 1. The van der Waals surface area contributed by atoms with Gasteiger partial charge in [0.2, 0.25) is 12.3 Å². The molecule has 0 aromatic carbocycles. The van der Waals surface area contributed by atoms with Crippen LogP contribution in [0.1, 0.15) is 30.7 Å². The highest BCUT2D eigenvalue weighted by Crippen LogP contribution is 2.29. The summed E-state index contributed by atoms with van der Waals surface area (Å²) < 4.78 is 25.8. The molecule has 0 spiro atoms. The highest BCUT2D eigenvalue weighted by atomic mass is 35.5. The number of nitrogens with zero attached hydrogens (tertiary/aromatic N) is 4. The SMILES string of the molecule is CCOc1cc(Cl)c(CNC2CCN(CC(O)c3ccnc4ccc(OC)nc34)CC2F)nc1NC=O. The lowest BCUT2D eigenvalue weighted by Gasteiger charge is -2.36. The number of carbonyl (C=O) groups excluding carboxylic acids is 1. The number of halogens is 2. The predicted octanol–water partition coefficient (Wildman–Crippen LogP) is 2.89. The van der Waals surface area contributed by atoms with Gasteiger partial charge in [0.1, 0.15) is 6.17 Å². The normalized spacial score (nSPS) is 18.9. The first kappa shape index (κ1) is 26.9. The lowest BCUT2D eigenvalue weighted by molar-refractivity contribution is -0.105. The van der Waals surface area contributed by atoms with Crippen LogP contribution in [0.25, 0.3) is 11.0 Å². The molecule has 1 fully saturated rings. The van der Waals surface area contributed by atoms with Gasteiger partial charge in [-0.1, -0.05) is 11.6 Å². The quantitative estimate of drug-likeness (QED) is 0.320. The van der Waals surface area contributed by atoms with E-state index in [4.69, 9.17) is 21.1 Å². The van der Waals surface area contributed by atoms with Gasteiger partial charge in [-0.2, -0.15) is 0 Å². The number of aliphatic hydroxyl groups is 1. The summed E-state index contributed by atoms with van der Waals surface area (Å²) in [5.41, 5.74) is 2.31. The molecule has 10 nitrogen and oxygen atoms in total. The first-order chi connectivity index (χ1) is 17.9. The van der Waals surface area contributed by atoms with Crippen molar-refractivity contribution in [1.29, 1.82) is 0 Å². The molecule has 3 N–H and O–H groups in total. The van der Waals surface area contributed by atoms with Gasteiger partial charge in [0.15, 0.2) is 11.6 Å². The van der Waals surface area contributed by atoms with E-state index >= 15 is 4.39 Å². The Bertz CT molecular complexity index is 1240. The van der Waals surface area contributed by atoms with E-state index in [1.807, 2.05) is 11.8 Å². The van der Waals surface area contributed by atoms with Crippen molar-refractivity contribution in [2.45, 2.75) is 38.2 Å². The van der Waals surface area contributed by atoms with Crippen molar-refractivity contribution < 1.29 is 23.8 Å². The Balaban J connectivity index is 1.36. The molecule has 3 unspecified atom stereocenters. The number of rotatable bonds is 11. The summed E-state index contributed by atoms with van der Waals surface area (Å²) in [5.74, 6) is 1.06. The highest BCUT2D eigenvalue weighted by molar-refractivity contribution is 6.31. The number of hydrogen-bond donors (Lipinski definition) is 3. The minimum atomic E-state index is -1.16. The van der Waals surface area contributed by atoms with E-state index in [0.29, 0.717) is 64.9 Å². The van der Waals surface area contributed by atoms with Crippen LogP contribution in [-0.2, 0) is 11.3 Å². The van der Waals surface area contributed by atoms with Crippen molar-refractivity contribution in [2.24, 2.45) is 0 Å². The Morgan fingerprint density at radius 1 is 1.35 bits per heavy atom. The van der Waals surface area contributed by atoms with Gasteiger partial charge in [-0.3, -0.25) is 14.7 Å². The molecular formula is C25H30ClFN6O4. The Labute approximate surface area is 219 Å². The summed E-state index contributed by atoms with van der Waals surface area (Å²) >= 11 is 6.34. The zero-order chi connectivity index (χ0) is 26.4. The van der Waals surface area contributed by atoms with Gasteiger partial charge < -0.3 is 25.2 Å². The van der Waals surface area contributed by atoms with Crippen LogP contribution in [0.15, 0.2) is 30.5 Å². The summed E-state index contributed by atoms with van der Waals surface area (Å²) in [6, 6.07) is 6.41. The molecule has 0 saturated carbocycles. The first-order valence-electron chi connectivity index (χ1n) is 12.0. The number of pyridine rings is 3. The number of β-amino-alcohol motifs (C(OH)–C–C–N with tert-alkyl or cyclic N) is 1. The number of hydrogen-bond acceptors (Lipinski definition) is 9. The van der Waals surface area contributed by atoms with E-state index < -0.39 is 18.3 Å². The van der Waals surface area contributed by atoms with Gasteiger partial charge in [0, 0.05) is 49.6 Å². The maximum absolute atomic E-state index is 15.1. The largest absolute Gasteiger partial charge is 0.490 e. The monoisotopic (exact) mass is 532 g/mol. The van der Waals surface area contributed by atoms with Crippen molar-refractivity contribution in [3.63, 3.8) is 0 Å². The number of likely N-dealkylation sites (tertiary alicyclic amines) is 1. The summed E-state index contributed by atoms with van der Waals surface area (Å²) in [7, 11) is 1.53. The molecule has 198 valence electrons. The molecule has 4 rings (SSSR count). The molecule has 4 heterocycles. The number of ether oxygens (including phenoxy) is 2. The molecular weight excluding hydrogens is 503 g/mol. The van der Waals surface area contributed by atoms with Crippen LogP contribution >= 0.6 is 11.6 Å². The fraction of sp³-hybridized carbons (Fsp3) is 0.440. The second kappa shape index (κ2) is 12.4. The average Bonchev–Trinajstić information content (AvgIpc) is 2.89. The lowest BCUT2D eigenvalue weighted by Crippen LogP contribution is -2.51. The predicted molar refractivity (Wildman–Crippen MR) is 138 cm³/mol. The molecule has 1 aliphatic heterocycles. The summed E-state index contributed by atoms with van der Waals surface area (Å²) in [6.07, 6.45) is 0.642. The number of piperidine rings is 1. The van der Waals surface area contributed by atoms with E-state index in [0.717, 1.165) is 0 Å². The zero-order valence-corrected chi connectivity index (χ0v) is 21.4. The minimum absolute atomic E-state index is 0.164. The number of aromatic nitrogens is 3. The fourth-order valence-corrected chi connectivity index (χ4v) is 4.61. The van der Waals surface area contributed by atoms with Gasteiger partial charge in [-0.25, -0.2) is 14.4 Å². The number of alkyl halides is 1. The third kappa shape index (κ3) is 6.42. The van der Waals surface area contributed by atoms with Crippen LogP contribution in [-0.4, -0.2) is 76.9 Å². The minimum Gasteiger partial charge on any atom is -0.490 e. The van der Waals surface area contributed by atoms with Gasteiger partial charge in [-0.15, -0.1) is 0 Å². The summed E-state index contributed by atoms with van der Waals surface area (Å²) in [5, 5.41) is 17.0. The fourth-order valence-electron chi connectivity index (χ4n) is 4.40.